The topological polar surface area (TPSA) is 160 Å². The summed E-state index contributed by atoms with van der Waals surface area (Å²) in [7, 11) is 0. The van der Waals surface area contributed by atoms with Crippen LogP contribution in [0.15, 0.2) is 10.5 Å². The molecule has 1 aromatic rings. The summed E-state index contributed by atoms with van der Waals surface area (Å²) in [5, 5.41) is 9.11. The highest BCUT2D eigenvalue weighted by Crippen LogP contribution is 2.12. The second-order valence-corrected chi connectivity index (χ2v) is 3.78. The number of oxime groups is 1. The molecule has 19 heavy (non-hydrogen) atoms. The molecule has 1 heterocycles. The Kier molecular flexibility index (Phi) is 5.22. The largest absolute Gasteiger partial charge is 0.375 e. The average molecular weight is 285 g/mol. The van der Waals surface area contributed by atoms with Crippen LogP contribution in [0.3, 0.4) is 0 Å². The third-order valence-corrected chi connectivity index (χ3v) is 2.34. The Morgan fingerprint density at radius 2 is 2.16 bits per heavy atom. The maximum absolute atomic E-state index is 11.1. The van der Waals surface area contributed by atoms with E-state index in [9.17, 15) is 14.4 Å². The number of anilines is 1. The van der Waals surface area contributed by atoms with E-state index in [1.807, 2.05) is 0 Å². The molecule has 0 saturated heterocycles. The molecule has 0 atom stereocenters. The monoisotopic (exact) mass is 285 g/mol. The highest BCUT2D eigenvalue weighted by atomic mass is 32.1. The van der Waals surface area contributed by atoms with E-state index in [0.717, 1.165) is 11.3 Å². The molecule has 11 heteroatoms. The van der Waals surface area contributed by atoms with Gasteiger partial charge in [0.2, 0.25) is 12.8 Å². The van der Waals surface area contributed by atoms with Crippen LogP contribution in [0.5, 0.6) is 0 Å². The average Bonchev–Trinajstić information content (AvgIpc) is 2.76. The number of nitrogens with one attached hydrogen (secondary N) is 3. The smallest absolute Gasteiger partial charge is 0.294 e. The van der Waals surface area contributed by atoms with Gasteiger partial charge in [0.25, 0.3) is 12.3 Å². The second-order valence-electron chi connectivity index (χ2n) is 2.89. The zero-order valence-electron chi connectivity index (χ0n) is 9.32. The quantitative estimate of drug-likeness (QED) is 0.217. The molecule has 10 nitrogen and oxygen atoms in total. The minimum Gasteiger partial charge on any atom is -0.375 e. The normalized spacial score (nSPS) is 10.9. The summed E-state index contributed by atoms with van der Waals surface area (Å²) in [6.07, 6.45) is -0.736. The molecule has 1 radical (unpaired) electrons. The van der Waals surface area contributed by atoms with Crippen LogP contribution in [0.2, 0.25) is 0 Å². The summed E-state index contributed by atoms with van der Waals surface area (Å²) in [6, 6.07) is 0. The van der Waals surface area contributed by atoms with Crippen LogP contribution in [0.4, 0.5) is 5.13 Å². The van der Waals surface area contributed by atoms with Gasteiger partial charge in [0, 0.05) is 5.38 Å². The highest BCUT2D eigenvalue weighted by molar-refractivity contribution is 7.13. The predicted octanol–water partition coefficient (Wildman–Crippen LogP) is -1.97. The summed E-state index contributed by atoms with van der Waals surface area (Å²) < 4.78 is 0. The zero-order chi connectivity index (χ0) is 14.3. The maximum atomic E-state index is 11.1. The number of carbonyl (C=O) groups is 3. The van der Waals surface area contributed by atoms with E-state index in [0.29, 0.717) is 0 Å². The van der Waals surface area contributed by atoms with Crippen molar-refractivity contribution in [2.24, 2.45) is 5.16 Å². The Bertz CT molecular complexity index is 491. The number of rotatable bonds is 8. The lowest BCUT2D eigenvalue weighted by atomic mass is 10.3. The lowest BCUT2D eigenvalue weighted by Gasteiger charge is -2.12. The van der Waals surface area contributed by atoms with E-state index in [1.54, 1.807) is 0 Å². The molecule has 0 unspecified atom stereocenters. The molecular weight excluding hydrogens is 276 g/mol. The van der Waals surface area contributed by atoms with Gasteiger partial charge in [-0.2, -0.15) is 0 Å². The fourth-order valence-electron chi connectivity index (χ4n) is 0.939. The third kappa shape index (κ3) is 4.23. The van der Waals surface area contributed by atoms with Crippen LogP contribution < -0.4 is 22.1 Å². The van der Waals surface area contributed by atoms with Crippen molar-refractivity contribution in [1.82, 2.24) is 21.4 Å². The molecule has 0 spiro atoms. The summed E-state index contributed by atoms with van der Waals surface area (Å²) in [5.74, 6) is -1.15. The molecule has 0 saturated carbocycles. The van der Waals surface area contributed by atoms with Crippen molar-refractivity contribution >= 4 is 40.9 Å². The van der Waals surface area contributed by atoms with Gasteiger partial charge in [-0.1, -0.05) is 5.16 Å². The van der Waals surface area contributed by atoms with Crippen LogP contribution in [0.25, 0.3) is 0 Å². The number of carbonyl (C=O) groups excluding carboxylic acids is 3. The Balaban J connectivity index is 2.86. The van der Waals surface area contributed by atoms with Gasteiger partial charge in [0.1, 0.15) is 5.69 Å². The first kappa shape index (κ1) is 14.4. The number of nitrogens with zero attached hydrogens (tertiary/aromatic N) is 2. The number of nitrogens with two attached hydrogens (primary N) is 1. The first-order chi connectivity index (χ1) is 9.08. The van der Waals surface area contributed by atoms with Crippen LogP contribution >= 0.6 is 11.3 Å². The van der Waals surface area contributed by atoms with Crippen LogP contribution in [0.1, 0.15) is 5.69 Å². The molecule has 0 aliphatic heterocycles. The standard InChI is InChI=1S/C8H9N6O4S/c9-6(17)5(4-1-19-7(10)13-4)14-18-8(11-2-15)12-3-16/h1-3,8-9H,(H2,10,13)(H,11,15)(H,12,16). The minimum atomic E-state index is -1.26. The van der Waals surface area contributed by atoms with Gasteiger partial charge >= 0.3 is 0 Å². The Morgan fingerprint density at radius 1 is 1.53 bits per heavy atom. The second kappa shape index (κ2) is 6.90. The third-order valence-electron chi connectivity index (χ3n) is 1.67. The minimum absolute atomic E-state index is 0.0680. The Morgan fingerprint density at radius 3 is 2.58 bits per heavy atom. The number of amides is 3. The molecule has 5 N–H and O–H groups in total. The Hall–Kier alpha value is -2.69. The van der Waals surface area contributed by atoms with Gasteiger partial charge < -0.3 is 21.2 Å². The van der Waals surface area contributed by atoms with E-state index in [4.69, 9.17) is 16.3 Å². The van der Waals surface area contributed by atoms with Gasteiger partial charge in [-0.05, 0) is 0 Å². The van der Waals surface area contributed by atoms with Gasteiger partial charge in [0.15, 0.2) is 10.8 Å². The number of hydrogen-bond donors (Lipinski definition) is 3. The van der Waals surface area contributed by atoms with Gasteiger partial charge in [0.05, 0.1) is 0 Å². The number of thiazole rings is 1. The Labute approximate surface area is 110 Å². The molecule has 0 bridgehead atoms. The molecular formula is C8H9N6O4S. The number of hydrogen-bond acceptors (Lipinski definition) is 8. The molecule has 1 rings (SSSR count). The molecule has 0 fully saturated rings. The molecule has 0 aromatic carbocycles. The molecule has 0 aliphatic carbocycles. The van der Waals surface area contributed by atoms with E-state index in [-0.39, 0.29) is 23.6 Å². The van der Waals surface area contributed by atoms with E-state index in [1.165, 1.54) is 5.38 Å². The van der Waals surface area contributed by atoms with Crippen LogP contribution in [-0.2, 0) is 19.2 Å². The molecule has 0 aliphatic rings. The van der Waals surface area contributed by atoms with Crippen molar-refractivity contribution in [3.8, 4) is 0 Å². The van der Waals surface area contributed by atoms with Crippen LogP contribution in [-0.4, -0.2) is 35.8 Å². The van der Waals surface area contributed by atoms with Crippen molar-refractivity contribution in [2.75, 3.05) is 5.73 Å². The number of nitrogen functional groups attached to an aromatic ring is 1. The predicted molar refractivity (Wildman–Crippen MR) is 64.4 cm³/mol. The van der Waals surface area contributed by atoms with E-state index >= 15 is 0 Å². The zero-order valence-corrected chi connectivity index (χ0v) is 10.1. The summed E-state index contributed by atoms with van der Waals surface area (Å²) in [6.45, 7) is 0. The van der Waals surface area contributed by atoms with Crippen molar-refractivity contribution in [3.63, 3.8) is 0 Å². The van der Waals surface area contributed by atoms with Gasteiger partial charge in [-0.15, -0.1) is 11.3 Å². The van der Waals surface area contributed by atoms with Gasteiger partial charge in [-0.25, -0.2) is 4.98 Å². The fourth-order valence-corrected chi connectivity index (χ4v) is 1.49. The molecule has 3 amide bonds. The van der Waals surface area contributed by atoms with E-state index in [2.05, 4.69) is 20.8 Å². The highest BCUT2D eigenvalue weighted by Gasteiger charge is 2.17. The maximum Gasteiger partial charge on any atom is 0.294 e. The first-order valence-corrected chi connectivity index (χ1v) is 5.57. The summed E-state index contributed by atoms with van der Waals surface area (Å²) >= 11 is 1.06. The summed E-state index contributed by atoms with van der Waals surface area (Å²) in [5.41, 5.74) is 12.1. The summed E-state index contributed by atoms with van der Waals surface area (Å²) in [4.78, 5) is 40.0. The van der Waals surface area contributed by atoms with E-state index < -0.39 is 18.0 Å². The lowest BCUT2D eigenvalue weighted by molar-refractivity contribution is -0.119. The molecule has 101 valence electrons. The fraction of sp³-hybridized carbons (Fsp3) is 0.125. The van der Waals surface area contributed by atoms with Gasteiger partial charge in [-0.3, -0.25) is 20.1 Å². The van der Waals surface area contributed by atoms with Crippen molar-refractivity contribution < 1.29 is 19.2 Å². The van der Waals surface area contributed by atoms with Crippen molar-refractivity contribution in [2.45, 2.75) is 6.35 Å². The van der Waals surface area contributed by atoms with Crippen LogP contribution in [0, 0.1) is 0 Å². The molecule has 1 aromatic heterocycles. The van der Waals surface area contributed by atoms with Crippen molar-refractivity contribution in [3.05, 3.63) is 11.1 Å². The number of aromatic nitrogens is 1. The SMILES string of the molecule is [NH]C(=O)C(=NOC(NC=O)NC=O)c1csc(N)n1. The lowest BCUT2D eigenvalue weighted by Crippen LogP contribution is -2.42. The van der Waals surface area contributed by atoms with Crippen molar-refractivity contribution in [1.29, 1.82) is 0 Å². The first-order valence-electron chi connectivity index (χ1n) is 4.69.